The van der Waals surface area contributed by atoms with Crippen LogP contribution in [0.15, 0.2) is 35.4 Å². The number of anilines is 1. The monoisotopic (exact) mass is 285 g/mol. The van der Waals surface area contributed by atoms with Crippen molar-refractivity contribution in [2.24, 2.45) is 0 Å². The van der Waals surface area contributed by atoms with Crippen molar-refractivity contribution in [3.8, 4) is 5.88 Å². The minimum absolute atomic E-state index is 0.0179. The molecule has 0 spiro atoms. The van der Waals surface area contributed by atoms with Gasteiger partial charge in [-0.15, -0.1) is 0 Å². The quantitative estimate of drug-likeness (QED) is 0.860. The molecule has 0 saturated heterocycles. The fourth-order valence-corrected chi connectivity index (χ4v) is 2.27. The van der Waals surface area contributed by atoms with E-state index in [1.54, 1.807) is 0 Å². The van der Waals surface area contributed by atoms with E-state index in [1.165, 1.54) is 16.5 Å². The number of nitrogens with one attached hydrogen (secondary N) is 1. The zero-order valence-electron chi connectivity index (χ0n) is 11.6. The summed E-state index contributed by atoms with van der Waals surface area (Å²) in [4.78, 5) is 26.9. The third-order valence-electron chi connectivity index (χ3n) is 3.46. The molecule has 6 nitrogen and oxygen atoms in total. The molecule has 108 valence electrons. The molecule has 6 heteroatoms. The molecule has 1 aromatic carbocycles. The SMILES string of the molecule is Cc1ccc(C2COc3ncn(CC=O)c(=O)c3N2)cc1. The van der Waals surface area contributed by atoms with Gasteiger partial charge in [0.1, 0.15) is 19.2 Å². The van der Waals surface area contributed by atoms with Crippen molar-refractivity contribution in [3.63, 3.8) is 0 Å². The summed E-state index contributed by atoms with van der Waals surface area (Å²) in [5.41, 5.74) is 2.21. The zero-order chi connectivity index (χ0) is 14.8. The smallest absolute Gasteiger partial charge is 0.281 e. The number of benzene rings is 1. The Morgan fingerprint density at radius 1 is 1.43 bits per heavy atom. The normalized spacial score (nSPS) is 16.5. The van der Waals surface area contributed by atoms with Gasteiger partial charge in [0.05, 0.1) is 12.6 Å². The van der Waals surface area contributed by atoms with Crippen LogP contribution < -0.4 is 15.6 Å². The summed E-state index contributed by atoms with van der Waals surface area (Å²) < 4.78 is 6.81. The van der Waals surface area contributed by atoms with E-state index in [0.717, 1.165) is 5.56 Å². The molecule has 1 aliphatic heterocycles. The van der Waals surface area contributed by atoms with E-state index < -0.39 is 0 Å². The van der Waals surface area contributed by atoms with Gasteiger partial charge in [-0.1, -0.05) is 29.8 Å². The number of hydrogen-bond acceptors (Lipinski definition) is 5. The number of hydrogen-bond donors (Lipinski definition) is 1. The van der Waals surface area contributed by atoms with Crippen LogP contribution in [0.25, 0.3) is 0 Å². The van der Waals surface area contributed by atoms with Crippen LogP contribution in [0.2, 0.25) is 0 Å². The van der Waals surface area contributed by atoms with E-state index in [0.29, 0.717) is 18.6 Å². The molecule has 0 fully saturated rings. The van der Waals surface area contributed by atoms with Gasteiger partial charge in [0.15, 0.2) is 5.69 Å². The van der Waals surface area contributed by atoms with Crippen molar-refractivity contribution >= 4 is 12.0 Å². The first-order valence-corrected chi connectivity index (χ1v) is 6.68. The van der Waals surface area contributed by atoms with Gasteiger partial charge >= 0.3 is 0 Å². The topological polar surface area (TPSA) is 73.2 Å². The Morgan fingerprint density at radius 2 is 2.19 bits per heavy atom. The number of fused-ring (bicyclic) bond motifs is 1. The molecule has 0 aliphatic carbocycles. The highest BCUT2D eigenvalue weighted by Gasteiger charge is 2.24. The molecule has 1 N–H and O–H groups in total. The van der Waals surface area contributed by atoms with Gasteiger partial charge in [-0.25, -0.2) is 4.98 Å². The summed E-state index contributed by atoms with van der Waals surface area (Å²) in [5, 5.41) is 3.16. The summed E-state index contributed by atoms with van der Waals surface area (Å²) in [6.07, 6.45) is 1.99. The average Bonchev–Trinajstić information content (AvgIpc) is 2.51. The van der Waals surface area contributed by atoms with Crippen LogP contribution in [0.5, 0.6) is 5.88 Å². The Kier molecular flexibility index (Phi) is 3.43. The molecule has 3 rings (SSSR count). The summed E-state index contributed by atoms with van der Waals surface area (Å²) in [6.45, 7) is 2.40. The lowest BCUT2D eigenvalue weighted by Gasteiger charge is -2.26. The molecule has 0 amide bonds. The van der Waals surface area contributed by atoms with E-state index in [2.05, 4.69) is 10.3 Å². The zero-order valence-corrected chi connectivity index (χ0v) is 11.6. The number of aryl methyl sites for hydroxylation is 1. The molecular weight excluding hydrogens is 270 g/mol. The minimum Gasteiger partial charge on any atom is -0.473 e. The van der Waals surface area contributed by atoms with Gasteiger partial charge in [-0.05, 0) is 12.5 Å². The van der Waals surface area contributed by atoms with Crippen LogP contribution in [0, 0.1) is 6.92 Å². The molecular formula is C15H15N3O3. The molecule has 1 atom stereocenters. The Hall–Kier alpha value is -2.63. The van der Waals surface area contributed by atoms with Crippen molar-refractivity contribution in [3.05, 3.63) is 52.1 Å². The van der Waals surface area contributed by atoms with Crippen LogP contribution in [0.4, 0.5) is 5.69 Å². The van der Waals surface area contributed by atoms with E-state index >= 15 is 0 Å². The number of ether oxygens (including phenoxy) is 1. The molecule has 0 radical (unpaired) electrons. The van der Waals surface area contributed by atoms with Crippen molar-refractivity contribution in [1.82, 2.24) is 9.55 Å². The Labute approximate surface area is 121 Å². The van der Waals surface area contributed by atoms with E-state index in [9.17, 15) is 9.59 Å². The highest BCUT2D eigenvalue weighted by atomic mass is 16.5. The fraction of sp³-hybridized carbons (Fsp3) is 0.267. The Morgan fingerprint density at radius 3 is 2.90 bits per heavy atom. The first-order valence-electron chi connectivity index (χ1n) is 6.68. The minimum atomic E-state index is -0.302. The van der Waals surface area contributed by atoms with Crippen LogP contribution in [-0.2, 0) is 11.3 Å². The molecule has 21 heavy (non-hydrogen) atoms. The van der Waals surface area contributed by atoms with Crippen molar-refractivity contribution in [2.75, 3.05) is 11.9 Å². The second-order valence-corrected chi connectivity index (χ2v) is 4.97. The number of aldehydes is 1. The van der Waals surface area contributed by atoms with Gasteiger partial charge < -0.3 is 14.8 Å². The van der Waals surface area contributed by atoms with Crippen LogP contribution in [0.3, 0.4) is 0 Å². The predicted octanol–water partition coefficient (Wildman–Crippen LogP) is 1.30. The van der Waals surface area contributed by atoms with Crippen molar-refractivity contribution < 1.29 is 9.53 Å². The maximum absolute atomic E-state index is 12.3. The second kappa shape index (κ2) is 5.40. The van der Waals surface area contributed by atoms with E-state index in [-0.39, 0.29) is 24.0 Å². The fourth-order valence-electron chi connectivity index (χ4n) is 2.27. The molecule has 1 unspecified atom stereocenters. The highest BCUT2D eigenvalue weighted by molar-refractivity contribution is 5.55. The Bertz CT molecular complexity index is 722. The van der Waals surface area contributed by atoms with Gasteiger partial charge in [0.2, 0.25) is 5.88 Å². The maximum atomic E-state index is 12.3. The van der Waals surface area contributed by atoms with Crippen molar-refractivity contribution in [2.45, 2.75) is 19.5 Å². The number of carbonyl (C=O) groups excluding carboxylic acids is 1. The molecule has 0 bridgehead atoms. The largest absolute Gasteiger partial charge is 0.473 e. The first-order chi connectivity index (χ1) is 10.2. The second-order valence-electron chi connectivity index (χ2n) is 4.97. The lowest BCUT2D eigenvalue weighted by molar-refractivity contribution is -0.108. The highest BCUT2D eigenvalue weighted by Crippen LogP contribution is 2.28. The van der Waals surface area contributed by atoms with E-state index in [4.69, 9.17) is 4.74 Å². The third-order valence-corrected chi connectivity index (χ3v) is 3.46. The maximum Gasteiger partial charge on any atom is 0.281 e. The summed E-state index contributed by atoms with van der Waals surface area (Å²) >= 11 is 0. The summed E-state index contributed by atoms with van der Waals surface area (Å²) in [6, 6.07) is 7.92. The number of nitrogens with zero attached hydrogens (tertiary/aromatic N) is 2. The molecule has 2 aromatic rings. The van der Waals surface area contributed by atoms with Gasteiger partial charge in [-0.2, -0.15) is 0 Å². The van der Waals surface area contributed by atoms with Gasteiger partial charge in [-0.3, -0.25) is 9.36 Å². The molecule has 1 aliphatic rings. The summed E-state index contributed by atoms with van der Waals surface area (Å²) in [5.74, 6) is 0.283. The number of aromatic nitrogens is 2. The van der Waals surface area contributed by atoms with E-state index in [1.807, 2.05) is 31.2 Å². The predicted molar refractivity (Wildman–Crippen MR) is 77.6 cm³/mol. The third kappa shape index (κ3) is 2.52. The lowest BCUT2D eigenvalue weighted by Crippen LogP contribution is -2.32. The standard InChI is InChI=1S/C15H15N3O3/c1-10-2-4-11(5-3-10)12-8-21-14-13(17-12)15(20)18(6-7-19)9-16-14/h2-5,7,9,12,17H,6,8H2,1H3. The summed E-state index contributed by atoms with van der Waals surface area (Å²) in [7, 11) is 0. The van der Waals surface area contributed by atoms with Crippen LogP contribution >= 0.6 is 0 Å². The van der Waals surface area contributed by atoms with Crippen LogP contribution in [0.1, 0.15) is 17.2 Å². The average molecular weight is 285 g/mol. The van der Waals surface area contributed by atoms with Gasteiger partial charge in [0.25, 0.3) is 5.56 Å². The first kappa shape index (κ1) is 13.4. The Balaban J connectivity index is 1.93. The molecule has 1 aromatic heterocycles. The van der Waals surface area contributed by atoms with Crippen LogP contribution in [-0.4, -0.2) is 22.4 Å². The lowest BCUT2D eigenvalue weighted by atomic mass is 10.0. The number of rotatable bonds is 3. The van der Waals surface area contributed by atoms with Gasteiger partial charge in [0, 0.05) is 0 Å². The van der Waals surface area contributed by atoms with Crippen molar-refractivity contribution in [1.29, 1.82) is 0 Å². The molecule has 0 saturated carbocycles. The molecule has 2 heterocycles. The number of carbonyl (C=O) groups is 1.